The zero-order valence-corrected chi connectivity index (χ0v) is 7.36. The van der Waals surface area contributed by atoms with Crippen molar-refractivity contribution in [2.24, 2.45) is 9.98 Å². The van der Waals surface area contributed by atoms with Crippen LogP contribution in [0.5, 0.6) is 0 Å². The van der Waals surface area contributed by atoms with Gasteiger partial charge < -0.3 is 0 Å². The van der Waals surface area contributed by atoms with Crippen molar-refractivity contribution in [2.45, 2.75) is 6.92 Å². The lowest BCUT2D eigenvalue weighted by atomic mass is 10.2. The highest BCUT2D eigenvalue weighted by molar-refractivity contribution is 6.12. The molecule has 0 atom stereocenters. The Labute approximate surface area is 72.7 Å². The van der Waals surface area contributed by atoms with Crippen LogP contribution in [0.2, 0.25) is 0 Å². The van der Waals surface area contributed by atoms with Crippen LogP contribution in [-0.4, -0.2) is 19.0 Å². The Balaban J connectivity index is 2.90. The molecule has 1 heterocycles. The van der Waals surface area contributed by atoms with Crippen LogP contribution in [0.15, 0.2) is 46.1 Å². The summed E-state index contributed by atoms with van der Waals surface area (Å²) in [5, 5.41) is 0. The van der Waals surface area contributed by atoms with Crippen molar-refractivity contribution in [3.05, 3.63) is 36.1 Å². The van der Waals surface area contributed by atoms with Crippen LogP contribution in [-0.2, 0) is 0 Å². The molecule has 1 aliphatic rings. The lowest BCUT2D eigenvalue weighted by Crippen LogP contribution is -2.00. The van der Waals surface area contributed by atoms with Gasteiger partial charge in [0.05, 0.1) is 11.4 Å². The Hall–Kier alpha value is -1.44. The van der Waals surface area contributed by atoms with Gasteiger partial charge in [0, 0.05) is 13.3 Å². The third-order valence-electron chi connectivity index (χ3n) is 1.50. The maximum Gasteiger partial charge on any atom is 0.0881 e. The van der Waals surface area contributed by atoms with Crippen molar-refractivity contribution in [3.8, 4) is 0 Å². The average molecular weight is 160 g/mol. The molecular formula is C10H12N2. The Morgan fingerprint density at radius 2 is 2.33 bits per heavy atom. The van der Waals surface area contributed by atoms with Gasteiger partial charge in [0.1, 0.15) is 0 Å². The van der Waals surface area contributed by atoms with Crippen LogP contribution in [0.25, 0.3) is 0 Å². The summed E-state index contributed by atoms with van der Waals surface area (Å²) in [7, 11) is 1.77. The summed E-state index contributed by atoms with van der Waals surface area (Å²) in [6.07, 6.45) is 11.5. The Kier molecular flexibility index (Phi) is 3.20. The highest BCUT2D eigenvalue weighted by Crippen LogP contribution is 2.05. The van der Waals surface area contributed by atoms with E-state index in [0.717, 1.165) is 11.4 Å². The van der Waals surface area contributed by atoms with Crippen molar-refractivity contribution in [1.82, 2.24) is 0 Å². The summed E-state index contributed by atoms with van der Waals surface area (Å²) in [6, 6.07) is 0. The molecule has 0 saturated carbocycles. The molecule has 0 N–H and O–H groups in total. The Morgan fingerprint density at radius 3 is 3.00 bits per heavy atom. The van der Waals surface area contributed by atoms with Gasteiger partial charge in [-0.2, -0.15) is 0 Å². The van der Waals surface area contributed by atoms with Gasteiger partial charge >= 0.3 is 0 Å². The molecule has 0 aromatic heterocycles. The minimum atomic E-state index is 0.915. The molecule has 2 nitrogen and oxygen atoms in total. The van der Waals surface area contributed by atoms with E-state index in [1.807, 2.05) is 37.3 Å². The topological polar surface area (TPSA) is 24.7 Å². The molecule has 0 radical (unpaired) electrons. The van der Waals surface area contributed by atoms with Crippen LogP contribution in [0, 0.1) is 0 Å². The van der Waals surface area contributed by atoms with E-state index >= 15 is 0 Å². The highest BCUT2D eigenvalue weighted by Gasteiger charge is 2.01. The second-order valence-electron chi connectivity index (χ2n) is 2.32. The van der Waals surface area contributed by atoms with E-state index in [2.05, 4.69) is 9.98 Å². The number of allylic oxidation sites excluding steroid dienone is 5. The molecule has 0 aliphatic carbocycles. The summed E-state index contributed by atoms with van der Waals surface area (Å²) >= 11 is 0. The fourth-order valence-electron chi connectivity index (χ4n) is 0.914. The predicted octanol–water partition coefficient (Wildman–Crippen LogP) is 2.16. The van der Waals surface area contributed by atoms with Gasteiger partial charge in [-0.1, -0.05) is 12.2 Å². The number of hydrogen-bond donors (Lipinski definition) is 0. The third kappa shape index (κ3) is 2.02. The van der Waals surface area contributed by atoms with Gasteiger partial charge in [-0.05, 0) is 25.2 Å². The van der Waals surface area contributed by atoms with E-state index < -0.39 is 0 Å². The lowest BCUT2D eigenvalue weighted by molar-refractivity contribution is 1.38. The zero-order valence-electron chi connectivity index (χ0n) is 7.36. The first-order chi connectivity index (χ1) is 5.88. The molecule has 12 heavy (non-hydrogen) atoms. The highest BCUT2D eigenvalue weighted by atomic mass is 14.8. The molecule has 0 saturated heterocycles. The van der Waals surface area contributed by atoms with E-state index in [1.165, 1.54) is 0 Å². The van der Waals surface area contributed by atoms with Gasteiger partial charge in [0.25, 0.3) is 0 Å². The molecule has 0 bridgehead atoms. The minimum Gasteiger partial charge on any atom is -0.286 e. The number of aliphatic imine (C=N–C) groups is 2. The van der Waals surface area contributed by atoms with E-state index in [-0.39, 0.29) is 0 Å². The normalized spacial score (nSPS) is 23.2. The van der Waals surface area contributed by atoms with Crippen LogP contribution in [0.3, 0.4) is 0 Å². The average Bonchev–Trinajstić information content (AvgIpc) is 2.15. The maximum atomic E-state index is 4.19. The van der Waals surface area contributed by atoms with Gasteiger partial charge in [0.15, 0.2) is 0 Å². The van der Waals surface area contributed by atoms with E-state index in [0.29, 0.717) is 0 Å². The first-order valence-electron chi connectivity index (χ1n) is 3.89. The van der Waals surface area contributed by atoms with Crippen molar-refractivity contribution >= 4 is 11.9 Å². The van der Waals surface area contributed by atoms with Crippen LogP contribution < -0.4 is 0 Å². The second kappa shape index (κ2) is 4.44. The number of hydrogen-bond acceptors (Lipinski definition) is 2. The van der Waals surface area contributed by atoms with Gasteiger partial charge in [-0.25, -0.2) is 0 Å². The smallest absolute Gasteiger partial charge is 0.0881 e. The van der Waals surface area contributed by atoms with Crippen molar-refractivity contribution in [1.29, 1.82) is 0 Å². The first-order valence-corrected chi connectivity index (χ1v) is 3.89. The lowest BCUT2D eigenvalue weighted by Gasteiger charge is -2.02. The minimum absolute atomic E-state index is 0.915. The first kappa shape index (κ1) is 8.65. The molecule has 1 aliphatic heterocycles. The molecule has 0 aromatic rings. The van der Waals surface area contributed by atoms with Gasteiger partial charge in [0.2, 0.25) is 0 Å². The third-order valence-corrected chi connectivity index (χ3v) is 1.50. The van der Waals surface area contributed by atoms with Crippen molar-refractivity contribution in [3.63, 3.8) is 0 Å². The molecular weight excluding hydrogens is 148 g/mol. The molecule has 62 valence electrons. The summed E-state index contributed by atoms with van der Waals surface area (Å²) in [4.78, 5) is 8.28. The zero-order chi connectivity index (χ0) is 8.81. The number of rotatable bonds is 1. The molecule has 2 heteroatoms. The van der Waals surface area contributed by atoms with Crippen LogP contribution >= 0.6 is 0 Å². The summed E-state index contributed by atoms with van der Waals surface area (Å²) < 4.78 is 0. The molecule has 0 unspecified atom stereocenters. The largest absolute Gasteiger partial charge is 0.286 e. The Bertz CT molecular complexity index is 291. The maximum absolute atomic E-state index is 4.19. The molecule has 0 spiro atoms. The van der Waals surface area contributed by atoms with E-state index in [1.54, 1.807) is 13.3 Å². The van der Waals surface area contributed by atoms with Crippen molar-refractivity contribution < 1.29 is 0 Å². The molecule has 0 amide bonds. The van der Waals surface area contributed by atoms with Crippen LogP contribution in [0.1, 0.15) is 6.92 Å². The molecule has 0 aromatic carbocycles. The molecule has 1 rings (SSSR count). The molecule has 0 fully saturated rings. The second-order valence-corrected chi connectivity index (χ2v) is 2.32. The van der Waals surface area contributed by atoms with Crippen molar-refractivity contribution in [2.75, 3.05) is 7.05 Å². The number of dihydropyridines is 1. The summed E-state index contributed by atoms with van der Waals surface area (Å²) in [5.74, 6) is 0. The standard InChI is InChI=1S/C10H12N2/c1-3-4-6-10-9(11-2)7-5-8-12-10/h3-8H,1-2H3/b4-3-,10-6+,11-9?. The van der Waals surface area contributed by atoms with Gasteiger partial charge in [-0.15, -0.1) is 0 Å². The van der Waals surface area contributed by atoms with E-state index in [4.69, 9.17) is 0 Å². The monoisotopic (exact) mass is 160 g/mol. The van der Waals surface area contributed by atoms with Gasteiger partial charge in [-0.3, -0.25) is 9.98 Å². The summed E-state index contributed by atoms with van der Waals surface area (Å²) in [6.45, 7) is 1.97. The SMILES string of the molecule is C/C=C\C=C1\N=CC=CC1=NC. The fraction of sp³-hybridized carbons (Fsp3) is 0.200. The van der Waals surface area contributed by atoms with Crippen LogP contribution in [0.4, 0.5) is 0 Å². The quantitative estimate of drug-likeness (QED) is 0.561. The Morgan fingerprint density at radius 1 is 1.50 bits per heavy atom. The number of nitrogens with zero attached hydrogens (tertiary/aromatic N) is 2. The summed E-state index contributed by atoms with van der Waals surface area (Å²) in [5.41, 5.74) is 1.84. The fourth-order valence-corrected chi connectivity index (χ4v) is 0.914. The van der Waals surface area contributed by atoms with E-state index in [9.17, 15) is 0 Å². The predicted molar refractivity (Wildman–Crippen MR) is 53.9 cm³/mol.